The van der Waals surface area contributed by atoms with Crippen molar-refractivity contribution in [3.05, 3.63) is 53.9 Å². The van der Waals surface area contributed by atoms with Crippen molar-refractivity contribution in [2.75, 3.05) is 18.5 Å². The summed E-state index contributed by atoms with van der Waals surface area (Å²) in [7, 11) is -0.805. The molecule has 1 aromatic heterocycles. The predicted octanol–water partition coefficient (Wildman–Crippen LogP) is 5.39. The molecule has 0 spiro atoms. The molecule has 0 aliphatic carbocycles. The Labute approximate surface area is 142 Å². The molecule has 0 N–H and O–H groups in total. The third kappa shape index (κ3) is 4.58. The molecule has 2 aromatic rings. The molecule has 1 aromatic carbocycles. The number of hydrogen-bond donors (Lipinski definition) is 0. The van der Waals surface area contributed by atoms with Crippen LogP contribution >= 0.6 is 10.0 Å². The minimum atomic E-state index is -0.805. The molecule has 23 heavy (non-hydrogen) atoms. The molecule has 0 saturated heterocycles. The average molecular weight is 332 g/mol. The first-order valence-electron chi connectivity index (χ1n) is 8.01. The summed E-state index contributed by atoms with van der Waals surface area (Å²) in [5.41, 5.74) is 4.42. The van der Waals surface area contributed by atoms with Crippen molar-refractivity contribution in [2.24, 2.45) is 0 Å². The number of nitrogens with zero attached hydrogens (tertiary/aromatic N) is 1. The van der Waals surface area contributed by atoms with Gasteiger partial charge in [-0.25, -0.2) is 10.0 Å². The van der Waals surface area contributed by atoms with E-state index in [-0.39, 0.29) is 4.75 Å². The van der Waals surface area contributed by atoms with Gasteiger partial charge in [0.15, 0.2) is 0 Å². The largest absolute Gasteiger partial charge is 0.366 e. The zero-order chi connectivity index (χ0) is 17.1. The highest BCUT2D eigenvalue weighted by atomic mass is 32.3. The van der Waals surface area contributed by atoms with Crippen molar-refractivity contribution in [3.63, 3.8) is 0 Å². The number of aryl methyl sites for hydroxylation is 1. The molecular formula is C20H29NOS. The lowest BCUT2D eigenvalue weighted by Crippen LogP contribution is -2.26. The Bertz CT molecular complexity index is 644. The van der Waals surface area contributed by atoms with E-state index < -0.39 is 10.0 Å². The highest BCUT2D eigenvalue weighted by molar-refractivity contribution is 8.33. The Kier molecular flexibility index (Phi) is 5.53. The van der Waals surface area contributed by atoms with Crippen LogP contribution in [0.25, 0.3) is 11.1 Å². The maximum Gasteiger partial charge on any atom is 0.0904 e. The zero-order valence-electron chi connectivity index (χ0n) is 15.2. The van der Waals surface area contributed by atoms with E-state index in [2.05, 4.69) is 69.7 Å². The number of aromatic nitrogens is 1. The number of rotatable bonds is 5. The Morgan fingerprint density at radius 1 is 1.00 bits per heavy atom. The van der Waals surface area contributed by atoms with Crippen LogP contribution in [-0.4, -0.2) is 28.2 Å². The van der Waals surface area contributed by atoms with E-state index in [1.165, 1.54) is 11.1 Å². The SMILES string of the molecule is Cc1ccc(-c2ccccc2)c(COCS(C)(C)C(C)(C)C)n1. The molecule has 0 unspecified atom stereocenters. The van der Waals surface area contributed by atoms with E-state index in [9.17, 15) is 0 Å². The molecule has 3 heteroatoms. The van der Waals surface area contributed by atoms with Gasteiger partial charge in [-0.1, -0.05) is 57.2 Å². The van der Waals surface area contributed by atoms with E-state index in [0.29, 0.717) is 6.61 Å². The van der Waals surface area contributed by atoms with Crippen LogP contribution in [0.4, 0.5) is 0 Å². The van der Waals surface area contributed by atoms with Crippen molar-refractivity contribution < 1.29 is 4.74 Å². The summed E-state index contributed by atoms with van der Waals surface area (Å²) in [5.74, 6) is 0.806. The van der Waals surface area contributed by atoms with Gasteiger partial charge in [-0.05, 0) is 35.8 Å². The molecule has 2 nitrogen and oxygen atoms in total. The van der Waals surface area contributed by atoms with E-state index in [1.807, 2.05) is 13.0 Å². The second-order valence-corrected chi connectivity index (χ2v) is 12.0. The topological polar surface area (TPSA) is 22.1 Å². The summed E-state index contributed by atoms with van der Waals surface area (Å²) in [6.07, 6.45) is 4.68. The van der Waals surface area contributed by atoms with E-state index >= 15 is 0 Å². The van der Waals surface area contributed by atoms with Crippen LogP contribution in [-0.2, 0) is 11.3 Å². The van der Waals surface area contributed by atoms with Crippen molar-refractivity contribution >= 4 is 10.0 Å². The Morgan fingerprint density at radius 3 is 2.26 bits per heavy atom. The number of pyridine rings is 1. The van der Waals surface area contributed by atoms with E-state index in [0.717, 1.165) is 17.3 Å². The van der Waals surface area contributed by atoms with Gasteiger partial charge in [-0.2, -0.15) is 0 Å². The fraction of sp³-hybridized carbons (Fsp3) is 0.450. The summed E-state index contributed by atoms with van der Waals surface area (Å²) >= 11 is 0. The van der Waals surface area contributed by atoms with Gasteiger partial charge in [-0.3, -0.25) is 4.98 Å². The molecule has 0 fully saturated rings. The third-order valence-electron chi connectivity index (χ3n) is 4.47. The van der Waals surface area contributed by atoms with Crippen LogP contribution in [0, 0.1) is 6.92 Å². The average Bonchev–Trinajstić information content (AvgIpc) is 2.47. The molecule has 1 heterocycles. The van der Waals surface area contributed by atoms with Gasteiger partial charge in [0, 0.05) is 11.3 Å². The van der Waals surface area contributed by atoms with Crippen molar-refractivity contribution in [1.82, 2.24) is 4.98 Å². The quantitative estimate of drug-likeness (QED) is 0.732. The van der Waals surface area contributed by atoms with Gasteiger partial charge in [0.1, 0.15) is 0 Å². The minimum absolute atomic E-state index is 0.287. The molecule has 126 valence electrons. The second-order valence-electron chi connectivity index (χ2n) is 7.43. The Balaban J connectivity index is 2.16. The van der Waals surface area contributed by atoms with Crippen LogP contribution in [0.5, 0.6) is 0 Å². The van der Waals surface area contributed by atoms with Crippen LogP contribution in [0.3, 0.4) is 0 Å². The fourth-order valence-electron chi connectivity index (χ4n) is 2.12. The van der Waals surface area contributed by atoms with Crippen molar-refractivity contribution in [1.29, 1.82) is 0 Å². The molecule has 0 saturated carbocycles. The smallest absolute Gasteiger partial charge is 0.0904 e. The van der Waals surface area contributed by atoms with Crippen LogP contribution < -0.4 is 0 Å². The molecule has 0 amide bonds. The monoisotopic (exact) mass is 331 g/mol. The van der Waals surface area contributed by atoms with Gasteiger partial charge >= 0.3 is 0 Å². The highest BCUT2D eigenvalue weighted by Gasteiger charge is 2.27. The molecular weight excluding hydrogens is 302 g/mol. The molecule has 0 aliphatic rings. The lowest BCUT2D eigenvalue weighted by atomic mass is 10.0. The first-order valence-corrected chi connectivity index (χ1v) is 10.6. The van der Waals surface area contributed by atoms with Gasteiger partial charge in [0.05, 0.1) is 18.2 Å². The van der Waals surface area contributed by atoms with E-state index in [1.54, 1.807) is 0 Å². The van der Waals surface area contributed by atoms with Crippen molar-refractivity contribution in [3.8, 4) is 11.1 Å². The van der Waals surface area contributed by atoms with E-state index in [4.69, 9.17) is 9.72 Å². The number of benzene rings is 1. The lowest BCUT2D eigenvalue weighted by Gasteiger charge is -2.44. The summed E-state index contributed by atoms with van der Waals surface area (Å²) in [5, 5.41) is 0. The Morgan fingerprint density at radius 2 is 1.65 bits per heavy atom. The zero-order valence-corrected chi connectivity index (χ0v) is 16.0. The third-order valence-corrected chi connectivity index (χ3v) is 8.54. The Hall–Kier alpha value is -1.32. The van der Waals surface area contributed by atoms with Gasteiger partial charge in [0.2, 0.25) is 0 Å². The summed E-state index contributed by atoms with van der Waals surface area (Å²) in [6, 6.07) is 14.6. The highest BCUT2D eigenvalue weighted by Crippen LogP contribution is 2.52. The second kappa shape index (κ2) is 7.06. The number of ether oxygens (including phenoxy) is 1. The first-order chi connectivity index (χ1) is 10.7. The summed E-state index contributed by atoms with van der Waals surface area (Å²) < 4.78 is 6.39. The predicted molar refractivity (Wildman–Crippen MR) is 103 cm³/mol. The van der Waals surface area contributed by atoms with Gasteiger partial charge in [0.25, 0.3) is 0 Å². The van der Waals surface area contributed by atoms with Crippen LogP contribution in [0.15, 0.2) is 42.5 Å². The normalized spacial score (nSPS) is 13.1. The standard InChI is InChI=1S/C20H29NOS/c1-16-12-13-18(17-10-8-7-9-11-17)19(21-16)14-22-15-23(5,6)20(2,3)4/h7-13H,14-15H2,1-6H3. The summed E-state index contributed by atoms with van der Waals surface area (Å²) in [6.45, 7) is 9.49. The fourth-order valence-corrected chi connectivity index (χ4v) is 2.98. The van der Waals surface area contributed by atoms with Crippen LogP contribution in [0.2, 0.25) is 0 Å². The molecule has 0 bridgehead atoms. The van der Waals surface area contributed by atoms with Crippen LogP contribution in [0.1, 0.15) is 32.2 Å². The minimum Gasteiger partial charge on any atom is -0.366 e. The number of hydrogen-bond acceptors (Lipinski definition) is 2. The molecule has 0 aliphatic heterocycles. The maximum absolute atomic E-state index is 6.10. The molecule has 0 radical (unpaired) electrons. The first kappa shape index (κ1) is 18.0. The van der Waals surface area contributed by atoms with Crippen molar-refractivity contribution in [2.45, 2.75) is 39.0 Å². The van der Waals surface area contributed by atoms with Gasteiger partial charge in [-0.15, -0.1) is 0 Å². The molecule has 2 rings (SSSR count). The molecule has 0 atom stereocenters. The lowest BCUT2D eigenvalue weighted by molar-refractivity contribution is 0.163. The summed E-state index contributed by atoms with van der Waals surface area (Å²) in [4.78, 5) is 4.72. The van der Waals surface area contributed by atoms with Gasteiger partial charge < -0.3 is 4.74 Å². The maximum atomic E-state index is 6.10.